The van der Waals surface area contributed by atoms with Crippen molar-refractivity contribution in [1.29, 1.82) is 0 Å². The van der Waals surface area contributed by atoms with Gasteiger partial charge in [-0.25, -0.2) is 9.97 Å². The van der Waals surface area contributed by atoms with Crippen molar-refractivity contribution in [1.82, 2.24) is 15.3 Å². The Balaban J connectivity index is 1.77. The number of fused-ring (bicyclic) bond motifs is 7. The number of hydrogen-bond donors (Lipinski definition) is 1. The number of nitrogens with one attached hydrogen (secondary N) is 1. The summed E-state index contributed by atoms with van der Waals surface area (Å²) in [6.45, 7) is 10.9. The number of carbonyl (C=O) groups excluding carboxylic acids is 1. The number of benzene rings is 1. The second-order valence-electron chi connectivity index (χ2n) is 8.48. The van der Waals surface area contributed by atoms with Crippen molar-refractivity contribution in [2.45, 2.75) is 44.4 Å². The number of amides is 1. The molecule has 1 aromatic heterocycles. The number of ether oxygens (including phenoxy) is 2. The van der Waals surface area contributed by atoms with Crippen molar-refractivity contribution < 1.29 is 14.3 Å². The molecule has 6 heteroatoms. The maximum Gasteiger partial charge on any atom is 0.233 e. The maximum atomic E-state index is 13.4. The van der Waals surface area contributed by atoms with Crippen molar-refractivity contribution in [3.05, 3.63) is 36.2 Å². The van der Waals surface area contributed by atoms with Crippen LogP contribution in [0.2, 0.25) is 0 Å². The summed E-state index contributed by atoms with van der Waals surface area (Å²) >= 11 is 0. The highest BCUT2D eigenvalue weighted by molar-refractivity contribution is 5.93. The minimum Gasteiger partial charge on any atom is -0.454 e. The van der Waals surface area contributed by atoms with Gasteiger partial charge in [-0.05, 0) is 18.3 Å². The zero-order valence-electron chi connectivity index (χ0n) is 15.9. The molecule has 1 N–H and O–H groups in total. The maximum absolute atomic E-state index is 13.4. The molecule has 2 aliphatic carbocycles. The normalized spacial score (nSPS) is 29.0. The Morgan fingerprint density at radius 3 is 2.41 bits per heavy atom. The second-order valence-corrected chi connectivity index (χ2v) is 8.48. The molecular formula is C21H23N3O3. The molecule has 1 aliphatic heterocycles. The van der Waals surface area contributed by atoms with Gasteiger partial charge in [0.2, 0.25) is 12.7 Å². The van der Waals surface area contributed by atoms with Crippen LogP contribution in [0.3, 0.4) is 0 Å². The third kappa shape index (κ3) is 1.74. The zero-order valence-corrected chi connectivity index (χ0v) is 15.9. The summed E-state index contributed by atoms with van der Waals surface area (Å²) in [5.41, 5.74) is 2.10. The number of aromatic nitrogens is 2. The van der Waals surface area contributed by atoms with Gasteiger partial charge in [-0.3, -0.25) is 4.79 Å². The van der Waals surface area contributed by atoms with E-state index >= 15 is 0 Å². The van der Waals surface area contributed by atoms with Gasteiger partial charge in [-0.2, -0.15) is 0 Å². The third-order valence-electron chi connectivity index (χ3n) is 7.33. The molecule has 1 amide bonds. The molecule has 2 aromatic rings. The summed E-state index contributed by atoms with van der Waals surface area (Å²) in [4.78, 5) is 23.3. The first kappa shape index (κ1) is 16.5. The third-order valence-corrected chi connectivity index (χ3v) is 7.33. The van der Waals surface area contributed by atoms with Crippen molar-refractivity contribution in [2.75, 3.05) is 13.3 Å². The van der Waals surface area contributed by atoms with Gasteiger partial charge in [-0.15, -0.1) is 6.58 Å². The fourth-order valence-electron chi connectivity index (χ4n) is 5.31. The topological polar surface area (TPSA) is 73.3 Å². The first-order chi connectivity index (χ1) is 12.8. The van der Waals surface area contributed by atoms with E-state index in [9.17, 15) is 4.79 Å². The molecule has 2 bridgehead atoms. The number of hydrogen-bond acceptors (Lipinski definition) is 5. The highest BCUT2D eigenvalue weighted by atomic mass is 16.7. The summed E-state index contributed by atoms with van der Waals surface area (Å²) in [7, 11) is 0. The van der Waals surface area contributed by atoms with Crippen molar-refractivity contribution in [3.8, 4) is 11.5 Å². The summed E-state index contributed by atoms with van der Waals surface area (Å²) in [5, 5.41) is 3.03. The molecule has 3 aliphatic rings. The first-order valence-electron chi connectivity index (χ1n) is 9.37. The Labute approximate surface area is 158 Å². The number of rotatable bonds is 3. The van der Waals surface area contributed by atoms with E-state index in [-0.39, 0.29) is 23.5 Å². The van der Waals surface area contributed by atoms with Gasteiger partial charge in [0.05, 0.1) is 27.8 Å². The van der Waals surface area contributed by atoms with E-state index in [4.69, 9.17) is 19.4 Å². The lowest BCUT2D eigenvalue weighted by Gasteiger charge is -2.39. The number of carbonyl (C=O) groups is 1. The predicted molar refractivity (Wildman–Crippen MR) is 101 cm³/mol. The van der Waals surface area contributed by atoms with Crippen molar-refractivity contribution >= 4 is 16.9 Å². The summed E-state index contributed by atoms with van der Waals surface area (Å²) in [5.74, 6) is 1.39. The van der Waals surface area contributed by atoms with Gasteiger partial charge in [0.1, 0.15) is 0 Å². The van der Waals surface area contributed by atoms with E-state index in [1.54, 1.807) is 6.08 Å². The van der Waals surface area contributed by atoms with Crippen LogP contribution in [0.15, 0.2) is 24.8 Å². The van der Waals surface area contributed by atoms with Gasteiger partial charge in [-0.1, -0.05) is 26.8 Å². The molecule has 1 fully saturated rings. The van der Waals surface area contributed by atoms with Crippen LogP contribution in [0.1, 0.15) is 45.0 Å². The Kier molecular flexibility index (Phi) is 3.06. The smallest absolute Gasteiger partial charge is 0.233 e. The molecule has 0 saturated heterocycles. The highest BCUT2D eigenvalue weighted by Gasteiger charge is 2.73. The molecule has 6 nitrogen and oxygen atoms in total. The molecule has 140 valence electrons. The van der Waals surface area contributed by atoms with Crippen molar-refractivity contribution in [3.63, 3.8) is 0 Å². The van der Waals surface area contributed by atoms with E-state index in [0.717, 1.165) is 35.3 Å². The van der Waals surface area contributed by atoms with Gasteiger partial charge >= 0.3 is 0 Å². The molecule has 2 unspecified atom stereocenters. The molecule has 0 radical (unpaired) electrons. The SMILES string of the molecule is C=CCNC(=O)C12CCC(C)(c3nc4cc5c(cc4nc31)OCO5)C2(C)C. The highest BCUT2D eigenvalue weighted by Crippen LogP contribution is 2.70. The van der Waals surface area contributed by atoms with Crippen LogP contribution in [0.5, 0.6) is 11.5 Å². The minimum atomic E-state index is -0.683. The lowest BCUT2D eigenvalue weighted by molar-refractivity contribution is -0.130. The standard InChI is InChI=1S/C21H23N3O3/c1-5-8-22-18(25)21-7-6-20(4,19(21,2)3)16-17(21)24-13-10-15-14(26-11-27-15)9-12(13)23-16/h5,9-10H,1,6-8,11H2,2-4H3,(H,22,25). The summed E-state index contributed by atoms with van der Waals surface area (Å²) in [6.07, 6.45) is 3.40. The molecular weight excluding hydrogens is 342 g/mol. The number of nitrogens with zero attached hydrogens (tertiary/aromatic N) is 2. The molecule has 5 rings (SSSR count). The van der Waals surface area contributed by atoms with Gasteiger partial charge in [0, 0.05) is 24.1 Å². The van der Waals surface area contributed by atoms with Crippen LogP contribution in [0, 0.1) is 5.41 Å². The molecule has 1 saturated carbocycles. The lowest BCUT2D eigenvalue weighted by Crippen LogP contribution is -2.51. The summed E-state index contributed by atoms with van der Waals surface area (Å²) < 4.78 is 11.0. The monoisotopic (exact) mass is 365 g/mol. The van der Waals surface area contributed by atoms with Gasteiger partial charge < -0.3 is 14.8 Å². The van der Waals surface area contributed by atoms with E-state index in [2.05, 4.69) is 32.7 Å². The van der Waals surface area contributed by atoms with Crippen LogP contribution >= 0.6 is 0 Å². The van der Waals surface area contributed by atoms with Crippen LogP contribution in [0.4, 0.5) is 0 Å². The predicted octanol–water partition coefficient (Wildman–Crippen LogP) is 2.99. The average Bonchev–Trinajstić information content (AvgIpc) is 3.21. The molecule has 27 heavy (non-hydrogen) atoms. The van der Waals surface area contributed by atoms with Crippen LogP contribution < -0.4 is 14.8 Å². The van der Waals surface area contributed by atoms with Crippen LogP contribution in [0.25, 0.3) is 11.0 Å². The second kappa shape index (κ2) is 5.00. The van der Waals surface area contributed by atoms with E-state index in [0.29, 0.717) is 18.0 Å². The van der Waals surface area contributed by atoms with Gasteiger partial charge in [0.25, 0.3) is 0 Å². The average molecular weight is 365 g/mol. The Morgan fingerprint density at radius 1 is 1.15 bits per heavy atom. The Hall–Kier alpha value is -2.63. The molecule has 1 aromatic carbocycles. The Bertz CT molecular complexity index is 1020. The molecule has 2 atom stereocenters. The molecule has 2 heterocycles. The zero-order chi connectivity index (χ0) is 19.0. The quantitative estimate of drug-likeness (QED) is 0.847. The fourth-order valence-corrected chi connectivity index (χ4v) is 5.31. The summed E-state index contributed by atoms with van der Waals surface area (Å²) in [6, 6.07) is 3.75. The van der Waals surface area contributed by atoms with E-state index in [1.165, 1.54) is 0 Å². The fraction of sp³-hybridized carbons (Fsp3) is 0.476. The first-order valence-corrected chi connectivity index (χ1v) is 9.37. The van der Waals surface area contributed by atoms with Gasteiger partial charge in [0.15, 0.2) is 11.5 Å². The van der Waals surface area contributed by atoms with E-state index < -0.39 is 5.41 Å². The van der Waals surface area contributed by atoms with Crippen LogP contribution in [-0.2, 0) is 15.6 Å². The van der Waals surface area contributed by atoms with E-state index in [1.807, 2.05) is 12.1 Å². The minimum absolute atomic E-state index is 0.0178. The van der Waals surface area contributed by atoms with Crippen molar-refractivity contribution in [2.24, 2.45) is 5.41 Å². The largest absolute Gasteiger partial charge is 0.454 e. The lowest BCUT2D eigenvalue weighted by atomic mass is 9.63. The Morgan fingerprint density at radius 2 is 1.78 bits per heavy atom. The molecule has 0 spiro atoms. The van der Waals surface area contributed by atoms with Crippen LogP contribution in [-0.4, -0.2) is 29.2 Å².